The highest BCUT2D eigenvalue weighted by Gasteiger charge is 2.06. The third-order valence-corrected chi connectivity index (χ3v) is 3.54. The number of hydrogen-bond donors (Lipinski definition) is 1. The van der Waals surface area contributed by atoms with Gasteiger partial charge in [0.05, 0.1) is 6.54 Å². The van der Waals surface area contributed by atoms with Crippen molar-refractivity contribution in [2.45, 2.75) is 0 Å². The van der Waals surface area contributed by atoms with E-state index in [0.717, 1.165) is 22.4 Å². The smallest absolute Gasteiger partial charge is 0.181 e. The molecule has 0 fully saturated rings. The van der Waals surface area contributed by atoms with Crippen LogP contribution in [0.2, 0.25) is 0 Å². The number of ketones is 1. The van der Waals surface area contributed by atoms with Crippen LogP contribution in [-0.4, -0.2) is 12.3 Å². The number of carbonyl (C=O) groups excluding carboxylic acids is 1. The summed E-state index contributed by atoms with van der Waals surface area (Å²) < 4.78 is 0. The highest BCUT2D eigenvalue weighted by atomic mass is 16.1. The van der Waals surface area contributed by atoms with Crippen molar-refractivity contribution in [1.29, 1.82) is 0 Å². The number of carbonyl (C=O) groups is 1. The summed E-state index contributed by atoms with van der Waals surface area (Å²) in [6.07, 6.45) is 0. The Kier molecular flexibility index (Phi) is 4.30. The van der Waals surface area contributed by atoms with Crippen LogP contribution in [0, 0.1) is 0 Å². The molecule has 0 aliphatic carbocycles. The molecular formula is C20H17NO. The fourth-order valence-corrected chi connectivity index (χ4v) is 2.32. The minimum Gasteiger partial charge on any atom is -0.378 e. The van der Waals surface area contributed by atoms with E-state index in [1.54, 1.807) is 0 Å². The first-order valence-electron chi connectivity index (χ1n) is 7.30. The van der Waals surface area contributed by atoms with Crippen LogP contribution in [0.4, 0.5) is 5.69 Å². The maximum Gasteiger partial charge on any atom is 0.181 e. The normalized spacial score (nSPS) is 10.2. The van der Waals surface area contributed by atoms with E-state index >= 15 is 0 Å². The third kappa shape index (κ3) is 3.41. The van der Waals surface area contributed by atoms with E-state index in [-0.39, 0.29) is 5.78 Å². The molecule has 0 unspecified atom stereocenters. The van der Waals surface area contributed by atoms with E-state index in [9.17, 15) is 4.79 Å². The second kappa shape index (κ2) is 6.72. The zero-order valence-electron chi connectivity index (χ0n) is 12.2. The van der Waals surface area contributed by atoms with Crippen LogP contribution in [0.15, 0.2) is 84.9 Å². The van der Waals surface area contributed by atoms with E-state index in [2.05, 4.69) is 17.4 Å². The van der Waals surface area contributed by atoms with Gasteiger partial charge in [0, 0.05) is 11.3 Å². The molecule has 3 aromatic carbocycles. The lowest BCUT2D eigenvalue weighted by atomic mass is 10.0. The molecule has 2 nitrogen and oxygen atoms in total. The Labute approximate surface area is 130 Å². The monoisotopic (exact) mass is 287 g/mol. The average Bonchev–Trinajstić information content (AvgIpc) is 2.61. The van der Waals surface area contributed by atoms with Gasteiger partial charge in [-0.3, -0.25) is 4.79 Å². The Hall–Kier alpha value is -2.87. The molecule has 0 aromatic heterocycles. The molecule has 0 aliphatic heterocycles. The van der Waals surface area contributed by atoms with Crippen LogP contribution in [0.3, 0.4) is 0 Å². The number of para-hydroxylation sites is 1. The first-order valence-corrected chi connectivity index (χ1v) is 7.30. The molecule has 3 aromatic rings. The molecule has 0 spiro atoms. The predicted molar refractivity (Wildman–Crippen MR) is 91.1 cm³/mol. The molecule has 0 saturated carbocycles. The topological polar surface area (TPSA) is 29.1 Å². The number of nitrogens with one attached hydrogen (secondary N) is 1. The van der Waals surface area contributed by atoms with Gasteiger partial charge in [0.25, 0.3) is 0 Å². The van der Waals surface area contributed by atoms with Crippen LogP contribution in [0.25, 0.3) is 11.1 Å². The minimum absolute atomic E-state index is 0.0865. The van der Waals surface area contributed by atoms with E-state index in [1.165, 1.54) is 0 Å². The standard InChI is InChI=1S/C20H17NO/c22-20(15-21-19-9-5-2-6-10-19)18-13-11-17(12-14-18)16-7-3-1-4-8-16/h1-14,21H,15H2. The number of Topliss-reactive ketones (excluding diaryl/α,β-unsaturated/α-hetero) is 1. The summed E-state index contributed by atoms with van der Waals surface area (Å²) in [5.41, 5.74) is 3.96. The summed E-state index contributed by atoms with van der Waals surface area (Å²) in [6.45, 7) is 0.300. The van der Waals surface area contributed by atoms with Gasteiger partial charge < -0.3 is 5.32 Å². The summed E-state index contributed by atoms with van der Waals surface area (Å²) in [6, 6.07) is 27.6. The van der Waals surface area contributed by atoms with Crippen molar-refractivity contribution in [1.82, 2.24) is 0 Å². The second-order valence-corrected chi connectivity index (χ2v) is 5.09. The molecule has 3 rings (SSSR count). The van der Waals surface area contributed by atoms with Gasteiger partial charge in [-0.25, -0.2) is 0 Å². The van der Waals surface area contributed by atoms with E-state index in [4.69, 9.17) is 0 Å². The van der Waals surface area contributed by atoms with Gasteiger partial charge in [-0.1, -0.05) is 72.8 Å². The van der Waals surface area contributed by atoms with Crippen molar-refractivity contribution in [2.75, 3.05) is 11.9 Å². The van der Waals surface area contributed by atoms with Gasteiger partial charge in [-0.2, -0.15) is 0 Å². The van der Waals surface area contributed by atoms with Crippen LogP contribution in [0.5, 0.6) is 0 Å². The van der Waals surface area contributed by atoms with Crippen LogP contribution >= 0.6 is 0 Å². The molecule has 0 saturated heterocycles. The molecule has 0 bridgehead atoms. The van der Waals surface area contributed by atoms with E-state index < -0.39 is 0 Å². The lowest BCUT2D eigenvalue weighted by molar-refractivity contribution is 0.101. The fraction of sp³-hybridized carbons (Fsp3) is 0.0500. The van der Waals surface area contributed by atoms with Crippen LogP contribution in [-0.2, 0) is 0 Å². The number of anilines is 1. The van der Waals surface area contributed by atoms with Crippen molar-refractivity contribution >= 4 is 11.5 Å². The second-order valence-electron chi connectivity index (χ2n) is 5.09. The molecule has 2 heteroatoms. The van der Waals surface area contributed by atoms with Crippen molar-refractivity contribution in [3.05, 3.63) is 90.5 Å². The number of benzene rings is 3. The van der Waals surface area contributed by atoms with E-state index in [1.807, 2.05) is 72.8 Å². The van der Waals surface area contributed by atoms with Gasteiger partial charge in [0.15, 0.2) is 5.78 Å². The summed E-state index contributed by atoms with van der Waals surface area (Å²) in [4.78, 5) is 12.2. The third-order valence-electron chi connectivity index (χ3n) is 3.54. The van der Waals surface area contributed by atoms with Gasteiger partial charge in [-0.05, 0) is 23.3 Å². The Morgan fingerprint density at radius 3 is 1.86 bits per heavy atom. The molecule has 1 N–H and O–H groups in total. The summed E-state index contributed by atoms with van der Waals surface area (Å²) in [5, 5.41) is 3.14. The van der Waals surface area contributed by atoms with Crippen molar-refractivity contribution in [3.8, 4) is 11.1 Å². The molecular weight excluding hydrogens is 270 g/mol. The fourth-order valence-electron chi connectivity index (χ4n) is 2.32. The molecule has 108 valence electrons. The van der Waals surface area contributed by atoms with Gasteiger partial charge in [0.1, 0.15) is 0 Å². The Morgan fingerprint density at radius 1 is 0.682 bits per heavy atom. The molecule has 22 heavy (non-hydrogen) atoms. The van der Waals surface area contributed by atoms with Gasteiger partial charge in [-0.15, -0.1) is 0 Å². The molecule has 0 radical (unpaired) electrons. The largest absolute Gasteiger partial charge is 0.378 e. The average molecular weight is 287 g/mol. The Bertz CT molecular complexity index is 734. The van der Waals surface area contributed by atoms with Gasteiger partial charge >= 0.3 is 0 Å². The van der Waals surface area contributed by atoms with Crippen molar-refractivity contribution < 1.29 is 4.79 Å². The predicted octanol–water partition coefficient (Wildman–Crippen LogP) is 4.65. The minimum atomic E-state index is 0.0865. The quantitative estimate of drug-likeness (QED) is 0.692. The summed E-state index contributed by atoms with van der Waals surface area (Å²) >= 11 is 0. The highest BCUT2D eigenvalue weighted by molar-refractivity contribution is 5.99. The van der Waals surface area contributed by atoms with Crippen molar-refractivity contribution in [3.63, 3.8) is 0 Å². The molecule has 0 aliphatic rings. The Morgan fingerprint density at radius 2 is 1.23 bits per heavy atom. The summed E-state index contributed by atoms with van der Waals surface area (Å²) in [5.74, 6) is 0.0865. The van der Waals surface area contributed by atoms with Gasteiger partial charge in [0.2, 0.25) is 0 Å². The summed E-state index contributed by atoms with van der Waals surface area (Å²) in [7, 11) is 0. The zero-order valence-corrected chi connectivity index (χ0v) is 12.2. The Balaban J connectivity index is 1.66. The maximum atomic E-state index is 12.2. The lowest BCUT2D eigenvalue weighted by Gasteiger charge is -2.06. The SMILES string of the molecule is O=C(CNc1ccccc1)c1ccc(-c2ccccc2)cc1. The number of hydrogen-bond acceptors (Lipinski definition) is 2. The number of rotatable bonds is 5. The lowest BCUT2D eigenvalue weighted by Crippen LogP contribution is -2.13. The van der Waals surface area contributed by atoms with Crippen molar-refractivity contribution in [2.24, 2.45) is 0 Å². The first-order chi connectivity index (χ1) is 10.8. The maximum absolute atomic E-state index is 12.2. The zero-order chi connectivity index (χ0) is 15.2. The molecule has 0 atom stereocenters. The van der Waals surface area contributed by atoms with Crippen LogP contribution < -0.4 is 5.32 Å². The molecule has 0 amide bonds. The highest BCUT2D eigenvalue weighted by Crippen LogP contribution is 2.19. The molecule has 0 heterocycles. The first kappa shape index (κ1) is 14.1. The van der Waals surface area contributed by atoms with Crippen LogP contribution in [0.1, 0.15) is 10.4 Å². The van der Waals surface area contributed by atoms with E-state index in [0.29, 0.717) is 6.54 Å².